The van der Waals surface area contributed by atoms with E-state index in [4.69, 9.17) is 10.00 Å². The predicted molar refractivity (Wildman–Crippen MR) is 80.9 cm³/mol. The van der Waals surface area contributed by atoms with Gasteiger partial charge in [-0.25, -0.2) is 4.79 Å². The number of hydrogen-bond acceptors (Lipinski definition) is 4. The molecular formula is C16H28N2O2. The van der Waals surface area contributed by atoms with Gasteiger partial charge >= 0.3 is 5.97 Å². The van der Waals surface area contributed by atoms with Crippen molar-refractivity contribution in [2.45, 2.75) is 65.2 Å². The van der Waals surface area contributed by atoms with Crippen LogP contribution in [0.25, 0.3) is 0 Å². The van der Waals surface area contributed by atoms with E-state index in [0.29, 0.717) is 6.61 Å². The van der Waals surface area contributed by atoms with Crippen LogP contribution in [0.5, 0.6) is 0 Å². The Balaban J connectivity index is 3.81. The van der Waals surface area contributed by atoms with Crippen molar-refractivity contribution in [3.63, 3.8) is 0 Å². The number of carbonyl (C=O) groups is 1. The van der Waals surface area contributed by atoms with E-state index in [1.54, 1.807) is 0 Å². The first-order valence-electron chi connectivity index (χ1n) is 7.77. The lowest BCUT2D eigenvalue weighted by molar-refractivity contribution is -0.138. The maximum atomic E-state index is 11.6. The Morgan fingerprint density at radius 2 is 1.75 bits per heavy atom. The molecule has 0 radical (unpaired) electrons. The second kappa shape index (κ2) is 13.9. The molecule has 0 rings (SSSR count). The van der Waals surface area contributed by atoms with Gasteiger partial charge in [0.05, 0.1) is 6.61 Å². The number of ether oxygens (including phenoxy) is 1. The third-order valence-corrected chi connectivity index (χ3v) is 2.99. The maximum absolute atomic E-state index is 11.6. The van der Waals surface area contributed by atoms with Crippen LogP contribution in [0.15, 0.2) is 11.8 Å². The van der Waals surface area contributed by atoms with Crippen molar-refractivity contribution in [3.8, 4) is 6.07 Å². The third kappa shape index (κ3) is 10.4. The van der Waals surface area contributed by atoms with Crippen molar-refractivity contribution >= 4 is 5.97 Å². The van der Waals surface area contributed by atoms with Crippen LogP contribution >= 0.6 is 0 Å². The van der Waals surface area contributed by atoms with E-state index in [-0.39, 0.29) is 5.57 Å². The van der Waals surface area contributed by atoms with Crippen LogP contribution < -0.4 is 5.32 Å². The van der Waals surface area contributed by atoms with E-state index < -0.39 is 5.97 Å². The highest BCUT2D eigenvalue weighted by atomic mass is 16.5. The summed E-state index contributed by atoms with van der Waals surface area (Å²) in [4.78, 5) is 11.6. The highest BCUT2D eigenvalue weighted by molar-refractivity contribution is 5.92. The minimum Gasteiger partial charge on any atom is -0.462 e. The SMILES string of the molecule is CCCCCCNC=C(C#N)C(=O)OCCCCCC. The lowest BCUT2D eigenvalue weighted by Crippen LogP contribution is -2.13. The van der Waals surface area contributed by atoms with Crippen molar-refractivity contribution in [1.82, 2.24) is 5.32 Å². The molecule has 0 aliphatic carbocycles. The number of nitrogens with zero attached hydrogens (tertiary/aromatic N) is 1. The monoisotopic (exact) mass is 280 g/mol. The highest BCUT2D eigenvalue weighted by Gasteiger charge is 2.09. The van der Waals surface area contributed by atoms with Gasteiger partial charge < -0.3 is 10.1 Å². The van der Waals surface area contributed by atoms with E-state index in [1.165, 1.54) is 25.5 Å². The van der Waals surface area contributed by atoms with Gasteiger partial charge in [0, 0.05) is 12.7 Å². The van der Waals surface area contributed by atoms with Gasteiger partial charge in [0.2, 0.25) is 0 Å². The Morgan fingerprint density at radius 1 is 1.10 bits per heavy atom. The molecule has 0 heterocycles. The molecule has 0 atom stereocenters. The summed E-state index contributed by atoms with van der Waals surface area (Å²) in [5, 5.41) is 11.9. The molecule has 0 bridgehead atoms. The molecule has 0 aromatic heterocycles. The standard InChI is InChI=1S/C16H28N2O2/c1-3-5-7-9-11-18-14-15(13-17)16(19)20-12-10-8-6-4-2/h14,18H,3-12H2,1-2H3. The number of esters is 1. The number of nitriles is 1. The Morgan fingerprint density at radius 3 is 2.35 bits per heavy atom. The molecule has 114 valence electrons. The zero-order valence-electron chi connectivity index (χ0n) is 12.9. The summed E-state index contributed by atoms with van der Waals surface area (Å²) in [5.41, 5.74) is 0.0518. The van der Waals surface area contributed by atoms with Crippen LogP contribution in [-0.4, -0.2) is 19.1 Å². The first kappa shape index (κ1) is 18.5. The zero-order chi connectivity index (χ0) is 15.1. The van der Waals surface area contributed by atoms with Gasteiger partial charge in [-0.2, -0.15) is 5.26 Å². The van der Waals surface area contributed by atoms with Crippen LogP contribution in [0.3, 0.4) is 0 Å². The first-order valence-corrected chi connectivity index (χ1v) is 7.77. The van der Waals surface area contributed by atoms with Crippen LogP contribution in [0.4, 0.5) is 0 Å². The Labute approximate surface area is 123 Å². The molecule has 0 amide bonds. The van der Waals surface area contributed by atoms with Crippen molar-refractivity contribution in [2.24, 2.45) is 0 Å². The lowest BCUT2D eigenvalue weighted by atomic mass is 10.2. The van der Waals surface area contributed by atoms with Gasteiger partial charge in [0.1, 0.15) is 6.07 Å². The third-order valence-electron chi connectivity index (χ3n) is 2.99. The topological polar surface area (TPSA) is 62.1 Å². The van der Waals surface area contributed by atoms with E-state index in [0.717, 1.165) is 38.6 Å². The van der Waals surface area contributed by atoms with Crippen LogP contribution in [0.1, 0.15) is 65.2 Å². The summed E-state index contributed by atoms with van der Waals surface area (Å²) < 4.78 is 5.07. The summed E-state index contributed by atoms with van der Waals surface area (Å²) in [6.07, 6.45) is 10.3. The first-order chi connectivity index (χ1) is 9.76. The van der Waals surface area contributed by atoms with Gasteiger partial charge in [-0.1, -0.05) is 52.4 Å². The molecule has 0 aromatic carbocycles. The summed E-state index contributed by atoms with van der Waals surface area (Å²) >= 11 is 0. The van der Waals surface area contributed by atoms with Gasteiger partial charge in [-0.3, -0.25) is 0 Å². The second-order valence-electron chi connectivity index (χ2n) is 4.88. The molecule has 0 aliphatic rings. The number of rotatable bonds is 12. The molecule has 4 nitrogen and oxygen atoms in total. The van der Waals surface area contributed by atoms with Crippen LogP contribution in [0.2, 0.25) is 0 Å². The normalized spacial score (nSPS) is 10.9. The molecule has 0 spiro atoms. The molecule has 0 aliphatic heterocycles. The summed E-state index contributed by atoms with van der Waals surface area (Å²) in [7, 11) is 0. The minimum atomic E-state index is -0.523. The van der Waals surface area contributed by atoms with E-state index in [1.807, 2.05) is 6.07 Å². The van der Waals surface area contributed by atoms with E-state index in [9.17, 15) is 4.79 Å². The predicted octanol–water partition coefficient (Wildman–Crippen LogP) is 3.69. The number of unbranched alkanes of at least 4 members (excludes halogenated alkanes) is 6. The fourth-order valence-electron chi connectivity index (χ4n) is 1.74. The maximum Gasteiger partial charge on any atom is 0.350 e. The molecule has 4 heteroatoms. The van der Waals surface area contributed by atoms with Crippen molar-refractivity contribution in [1.29, 1.82) is 5.26 Å². The molecule has 0 saturated carbocycles. The van der Waals surface area contributed by atoms with Gasteiger partial charge in [0.25, 0.3) is 0 Å². The van der Waals surface area contributed by atoms with Gasteiger partial charge in [-0.15, -0.1) is 0 Å². The minimum absolute atomic E-state index is 0.0518. The van der Waals surface area contributed by atoms with E-state index >= 15 is 0 Å². The van der Waals surface area contributed by atoms with Crippen molar-refractivity contribution in [3.05, 3.63) is 11.8 Å². The fraction of sp³-hybridized carbons (Fsp3) is 0.750. The number of hydrogen-bond donors (Lipinski definition) is 1. The van der Waals surface area contributed by atoms with Crippen molar-refractivity contribution in [2.75, 3.05) is 13.2 Å². The van der Waals surface area contributed by atoms with Gasteiger partial charge in [0.15, 0.2) is 5.57 Å². The molecule has 0 saturated heterocycles. The summed E-state index contributed by atoms with van der Waals surface area (Å²) in [6.45, 7) is 5.48. The molecule has 0 unspecified atom stereocenters. The summed E-state index contributed by atoms with van der Waals surface area (Å²) in [5.74, 6) is -0.523. The second-order valence-corrected chi connectivity index (χ2v) is 4.88. The number of nitrogens with one attached hydrogen (secondary N) is 1. The molecular weight excluding hydrogens is 252 g/mol. The average Bonchev–Trinajstić information content (AvgIpc) is 2.46. The Bertz CT molecular complexity index is 319. The largest absolute Gasteiger partial charge is 0.462 e. The van der Waals surface area contributed by atoms with Crippen LogP contribution in [-0.2, 0) is 9.53 Å². The molecule has 0 fully saturated rings. The summed E-state index contributed by atoms with van der Waals surface area (Å²) in [6, 6.07) is 1.88. The van der Waals surface area contributed by atoms with Crippen LogP contribution in [0, 0.1) is 11.3 Å². The zero-order valence-corrected chi connectivity index (χ0v) is 12.9. The molecule has 1 N–H and O–H groups in total. The average molecular weight is 280 g/mol. The molecule has 0 aromatic rings. The number of carbonyl (C=O) groups excluding carboxylic acids is 1. The Hall–Kier alpha value is -1.50. The van der Waals surface area contributed by atoms with Gasteiger partial charge in [-0.05, 0) is 12.8 Å². The van der Waals surface area contributed by atoms with E-state index in [2.05, 4.69) is 19.2 Å². The van der Waals surface area contributed by atoms with Crippen molar-refractivity contribution < 1.29 is 9.53 Å². The smallest absolute Gasteiger partial charge is 0.350 e. The quantitative estimate of drug-likeness (QED) is 0.256. The highest BCUT2D eigenvalue weighted by Crippen LogP contribution is 2.02. The Kier molecular flexibility index (Phi) is 12.9. The lowest BCUT2D eigenvalue weighted by Gasteiger charge is -2.04. The fourth-order valence-corrected chi connectivity index (χ4v) is 1.74. The molecule has 20 heavy (non-hydrogen) atoms.